The van der Waals surface area contributed by atoms with Gasteiger partial charge in [-0.05, 0) is 70.3 Å². The van der Waals surface area contributed by atoms with E-state index in [9.17, 15) is 14.7 Å². The van der Waals surface area contributed by atoms with Crippen molar-refractivity contribution in [2.45, 2.75) is 71.4 Å². The Hall–Kier alpha value is -3.64. The van der Waals surface area contributed by atoms with Gasteiger partial charge >= 0.3 is 0 Å². The maximum Gasteiger partial charge on any atom is 0.266 e. The fourth-order valence-electron chi connectivity index (χ4n) is 5.57. The summed E-state index contributed by atoms with van der Waals surface area (Å²) >= 11 is 0. The largest absolute Gasteiger partial charge is 0.507 e. The average Bonchev–Trinajstić information content (AvgIpc) is 3.35. The molecule has 3 aromatic carbocycles. The molecule has 6 nitrogen and oxygen atoms in total. The number of amides is 2. The Kier molecular flexibility index (Phi) is 6.14. The minimum Gasteiger partial charge on any atom is -0.507 e. The van der Waals surface area contributed by atoms with Gasteiger partial charge in [0, 0.05) is 0 Å². The number of phenolic OH excluding ortho intramolecular Hbond substituents is 1. The zero-order valence-electron chi connectivity index (χ0n) is 23.1. The number of benzene rings is 3. The Bertz CT molecular complexity index is 1370. The normalized spacial score (nSPS) is 21.8. The van der Waals surface area contributed by atoms with Crippen molar-refractivity contribution >= 4 is 23.2 Å². The fourth-order valence-corrected chi connectivity index (χ4v) is 5.57. The van der Waals surface area contributed by atoms with Crippen molar-refractivity contribution in [3.8, 4) is 5.75 Å². The van der Waals surface area contributed by atoms with Gasteiger partial charge in [0.05, 0.1) is 17.4 Å². The Morgan fingerprint density at radius 3 is 1.89 bits per heavy atom. The Labute approximate surface area is 224 Å². The van der Waals surface area contributed by atoms with Crippen molar-refractivity contribution < 1.29 is 19.5 Å². The van der Waals surface area contributed by atoms with E-state index >= 15 is 0 Å². The minimum atomic E-state index is -0.947. The molecule has 2 fully saturated rings. The zero-order chi connectivity index (χ0) is 27.6. The summed E-state index contributed by atoms with van der Waals surface area (Å²) in [6.07, 6.45) is -0.947. The fraction of sp³-hybridized carbons (Fsp3) is 0.375. The summed E-state index contributed by atoms with van der Waals surface area (Å²) in [5.74, 6) is -1.11. The molecule has 0 radical (unpaired) electrons. The van der Waals surface area contributed by atoms with E-state index in [2.05, 4.69) is 41.5 Å². The predicted molar refractivity (Wildman–Crippen MR) is 149 cm³/mol. The molecule has 0 unspecified atom stereocenters. The maximum absolute atomic E-state index is 14.1. The molecule has 2 aliphatic rings. The second kappa shape index (κ2) is 8.98. The summed E-state index contributed by atoms with van der Waals surface area (Å²) in [4.78, 5) is 35.5. The monoisotopic (exact) mass is 512 g/mol. The van der Waals surface area contributed by atoms with E-state index in [1.54, 1.807) is 11.1 Å². The standard InChI is InChI=1S/C32H36N2O4/c1-19-13-11-12-16-24(19)33-29(36)25-26(34(38-28(25)30(33)37)21-14-9-8-10-15-21)20-17-22(31(2,3)4)27(35)23(18-20)32(5,6)7/h8-18,25-26,28,35H,1-7H3/t25-,26-,28+/m1/s1. The van der Waals surface area contributed by atoms with E-state index in [0.717, 1.165) is 27.9 Å². The van der Waals surface area contributed by atoms with Crippen molar-refractivity contribution in [3.05, 3.63) is 89.0 Å². The van der Waals surface area contributed by atoms with Gasteiger partial charge < -0.3 is 5.11 Å². The van der Waals surface area contributed by atoms with Crippen LogP contribution in [0.4, 0.5) is 11.4 Å². The molecule has 0 saturated carbocycles. The molecule has 3 atom stereocenters. The third-order valence-electron chi connectivity index (χ3n) is 7.57. The first-order valence-electron chi connectivity index (χ1n) is 13.1. The van der Waals surface area contributed by atoms with Gasteiger partial charge in [-0.1, -0.05) is 77.9 Å². The number of aromatic hydroxyl groups is 1. The number of carbonyl (C=O) groups excluding carboxylic acids is 2. The molecule has 2 amide bonds. The van der Waals surface area contributed by atoms with Gasteiger partial charge in [-0.15, -0.1) is 0 Å². The summed E-state index contributed by atoms with van der Waals surface area (Å²) in [5, 5.41) is 13.1. The number of hydroxylamine groups is 1. The molecule has 6 heteroatoms. The van der Waals surface area contributed by atoms with Gasteiger partial charge in [-0.3, -0.25) is 14.4 Å². The average molecular weight is 513 g/mol. The highest BCUT2D eigenvalue weighted by molar-refractivity contribution is 6.24. The van der Waals surface area contributed by atoms with Crippen LogP contribution in [0.3, 0.4) is 0 Å². The maximum atomic E-state index is 14.1. The summed E-state index contributed by atoms with van der Waals surface area (Å²) < 4.78 is 0. The Morgan fingerprint density at radius 2 is 1.34 bits per heavy atom. The van der Waals surface area contributed by atoms with Crippen molar-refractivity contribution in [1.82, 2.24) is 0 Å². The number of nitrogens with zero attached hydrogens (tertiary/aromatic N) is 2. The molecule has 2 saturated heterocycles. The van der Waals surface area contributed by atoms with Crippen molar-refractivity contribution in [2.24, 2.45) is 5.92 Å². The van der Waals surface area contributed by atoms with Gasteiger partial charge in [-0.2, -0.15) is 0 Å². The van der Waals surface area contributed by atoms with Crippen LogP contribution in [-0.2, 0) is 25.3 Å². The zero-order valence-corrected chi connectivity index (χ0v) is 23.1. The number of para-hydroxylation sites is 2. The number of aryl methyl sites for hydroxylation is 1. The lowest BCUT2D eigenvalue weighted by Crippen LogP contribution is -2.38. The first-order chi connectivity index (χ1) is 17.8. The number of imide groups is 1. The molecule has 3 aromatic rings. The van der Waals surface area contributed by atoms with Crippen LogP contribution < -0.4 is 9.96 Å². The third kappa shape index (κ3) is 4.17. The van der Waals surface area contributed by atoms with Crippen LogP contribution in [0.1, 0.15) is 69.8 Å². The van der Waals surface area contributed by atoms with Gasteiger partial charge in [0.2, 0.25) is 5.91 Å². The molecule has 0 aliphatic carbocycles. The van der Waals surface area contributed by atoms with Gasteiger partial charge in [0.25, 0.3) is 5.91 Å². The van der Waals surface area contributed by atoms with Gasteiger partial charge in [0.15, 0.2) is 6.10 Å². The molecule has 5 rings (SSSR count). The van der Waals surface area contributed by atoms with Crippen LogP contribution >= 0.6 is 0 Å². The number of fused-ring (bicyclic) bond motifs is 1. The Balaban J connectivity index is 1.71. The second-order valence-corrected chi connectivity index (χ2v) is 12.4. The van der Waals surface area contributed by atoms with Crippen molar-refractivity contribution in [2.75, 3.05) is 9.96 Å². The van der Waals surface area contributed by atoms with Gasteiger partial charge in [0.1, 0.15) is 11.7 Å². The molecule has 38 heavy (non-hydrogen) atoms. The highest BCUT2D eigenvalue weighted by Gasteiger charge is 2.60. The van der Waals surface area contributed by atoms with E-state index in [-0.39, 0.29) is 28.4 Å². The summed E-state index contributed by atoms with van der Waals surface area (Å²) in [6, 6.07) is 20.4. The van der Waals surface area contributed by atoms with E-state index in [0.29, 0.717) is 5.69 Å². The number of carbonyl (C=O) groups is 2. The number of phenols is 1. The van der Waals surface area contributed by atoms with Crippen LogP contribution in [0.2, 0.25) is 0 Å². The van der Waals surface area contributed by atoms with Crippen LogP contribution in [0.15, 0.2) is 66.7 Å². The lowest BCUT2D eigenvalue weighted by atomic mass is 9.76. The second-order valence-electron chi connectivity index (χ2n) is 12.4. The highest BCUT2D eigenvalue weighted by atomic mass is 16.7. The Morgan fingerprint density at radius 1 is 0.789 bits per heavy atom. The van der Waals surface area contributed by atoms with Crippen LogP contribution in [0.25, 0.3) is 0 Å². The molecular weight excluding hydrogens is 476 g/mol. The molecule has 1 N–H and O–H groups in total. The lowest BCUT2D eigenvalue weighted by molar-refractivity contribution is -0.126. The SMILES string of the molecule is Cc1ccccc1N1C(=O)[C@H]2[C@H](ON(c3ccccc3)[C@@H]2c2cc(C(C)(C)C)c(O)c(C(C)(C)C)c2)C1=O. The van der Waals surface area contributed by atoms with Crippen LogP contribution in [0.5, 0.6) is 5.75 Å². The minimum absolute atomic E-state index is 0.269. The first-order valence-corrected chi connectivity index (χ1v) is 13.1. The molecule has 2 aliphatic heterocycles. The summed E-state index contributed by atoms with van der Waals surface area (Å²) in [5.41, 5.74) is 3.92. The quantitative estimate of drug-likeness (QED) is 0.414. The van der Waals surface area contributed by atoms with Crippen molar-refractivity contribution in [1.29, 1.82) is 0 Å². The number of anilines is 2. The predicted octanol–water partition coefficient (Wildman–Crippen LogP) is 6.35. The van der Waals surface area contributed by atoms with E-state index in [1.807, 2.05) is 67.6 Å². The first kappa shape index (κ1) is 26.0. The van der Waals surface area contributed by atoms with Gasteiger partial charge in [-0.25, -0.2) is 9.96 Å². The van der Waals surface area contributed by atoms with E-state index < -0.39 is 18.1 Å². The smallest absolute Gasteiger partial charge is 0.266 e. The van der Waals surface area contributed by atoms with Crippen LogP contribution in [0, 0.1) is 12.8 Å². The molecular formula is C32H36N2O4. The highest BCUT2D eigenvalue weighted by Crippen LogP contribution is 2.50. The summed E-state index contributed by atoms with van der Waals surface area (Å²) in [6.45, 7) is 14.3. The molecule has 0 aromatic heterocycles. The molecule has 0 bridgehead atoms. The van der Waals surface area contributed by atoms with E-state index in [1.165, 1.54) is 4.90 Å². The van der Waals surface area contributed by atoms with Crippen LogP contribution in [-0.4, -0.2) is 23.0 Å². The van der Waals surface area contributed by atoms with Crippen molar-refractivity contribution in [3.63, 3.8) is 0 Å². The third-order valence-corrected chi connectivity index (χ3v) is 7.57. The lowest BCUT2D eigenvalue weighted by Gasteiger charge is -2.33. The van der Waals surface area contributed by atoms with E-state index in [4.69, 9.17) is 4.84 Å². The molecule has 198 valence electrons. The number of hydrogen-bond donors (Lipinski definition) is 1. The molecule has 0 spiro atoms. The molecule has 2 heterocycles. The number of hydrogen-bond acceptors (Lipinski definition) is 5. The topological polar surface area (TPSA) is 70.1 Å². The number of rotatable bonds is 3. The summed E-state index contributed by atoms with van der Waals surface area (Å²) in [7, 11) is 0.